The minimum absolute atomic E-state index is 0.0148. The highest BCUT2D eigenvalue weighted by Gasteiger charge is 2.44. The number of hydrogen-bond acceptors (Lipinski definition) is 7. The number of hydrogen-bond donors (Lipinski definition) is 1. The molecule has 5 rings (SSSR count). The number of piperidine rings is 1. The fourth-order valence-corrected chi connectivity index (χ4v) is 4.46. The molecule has 1 fully saturated rings. The van der Waals surface area contributed by atoms with Crippen LogP contribution in [0.15, 0.2) is 30.5 Å². The number of anilines is 1. The van der Waals surface area contributed by atoms with Crippen molar-refractivity contribution in [1.82, 2.24) is 34.5 Å². The zero-order chi connectivity index (χ0) is 25.7. The number of benzene rings is 1. The van der Waals surface area contributed by atoms with E-state index in [1.165, 1.54) is 11.6 Å². The summed E-state index contributed by atoms with van der Waals surface area (Å²) >= 11 is 0. The number of fused-ring (bicyclic) bond motifs is 2. The molecule has 0 saturated carbocycles. The summed E-state index contributed by atoms with van der Waals surface area (Å²) in [7, 11) is 1.39. The first kappa shape index (κ1) is 24.2. The molecule has 192 valence electrons. The maximum atomic E-state index is 14.7. The Morgan fingerprint density at radius 1 is 1.22 bits per heavy atom. The van der Waals surface area contributed by atoms with Crippen LogP contribution in [0.4, 0.5) is 27.9 Å². The summed E-state index contributed by atoms with van der Waals surface area (Å²) in [6.07, 6.45) is -2.63. The monoisotopic (exact) mass is 510 g/mol. The molecule has 4 aromatic rings. The third-order valence-corrected chi connectivity index (χ3v) is 6.26. The van der Waals surface area contributed by atoms with Crippen LogP contribution in [-0.2, 0) is 6.54 Å². The zero-order valence-corrected chi connectivity index (χ0v) is 19.4. The predicted molar refractivity (Wildman–Crippen MR) is 121 cm³/mol. The van der Waals surface area contributed by atoms with Crippen molar-refractivity contribution in [3.63, 3.8) is 0 Å². The van der Waals surface area contributed by atoms with Crippen LogP contribution in [0.3, 0.4) is 0 Å². The second-order valence-corrected chi connectivity index (χ2v) is 8.65. The Hall–Kier alpha value is -3.55. The number of ether oxygens (including phenoxy) is 1. The maximum absolute atomic E-state index is 14.7. The van der Waals surface area contributed by atoms with Gasteiger partial charge in [0.1, 0.15) is 17.6 Å². The van der Waals surface area contributed by atoms with Crippen LogP contribution in [0.1, 0.15) is 13.3 Å². The van der Waals surface area contributed by atoms with E-state index in [0.29, 0.717) is 35.2 Å². The van der Waals surface area contributed by atoms with Gasteiger partial charge in [-0.2, -0.15) is 18.2 Å². The van der Waals surface area contributed by atoms with Gasteiger partial charge < -0.3 is 10.1 Å². The van der Waals surface area contributed by atoms with Crippen molar-refractivity contribution < 1.29 is 26.7 Å². The van der Waals surface area contributed by atoms with Gasteiger partial charge in [-0.1, -0.05) is 18.2 Å². The molecule has 0 bridgehead atoms. The first-order valence-electron chi connectivity index (χ1n) is 11.3. The highest BCUT2D eigenvalue weighted by Crippen LogP contribution is 2.34. The average molecular weight is 510 g/mol. The van der Waals surface area contributed by atoms with Crippen LogP contribution in [0, 0.1) is 0 Å². The predicted octanol–water partition coefficient (Wildman–Crippen LogP) is 3.85. The molecular weight excluding hydrogens is 487 g/mol. The lowest BCUT2D eigenvalue weighted by Crippen LogP contribution is -2.54. The van der Waals surface area contributed by atoms with Gasteiger partial charge in [-0.3, -0.25) is 4.90 Å². The number of nitrogens with zero attached hydrogens (tertiary/aromatic N) is 7. The lowest BCUT2D eigenvalue weighted by Gasteiger charge is -2.38. The first-order valence-corrected chi connectivity index (χ1v) is 11.3. The lowest BCUT2D eigenvalue weighted by atomic mass is 10.0. The van der Waals surface area contributed by atoms with Gasteiger partial charge in [-0.25, -0.2) is 18.0 Å². The molecular formula is C22H23F5N8O. The fourth-order valence-electron chi connectivity index (χ4n) is 4.46. The van der Waals surface area contributed by atoms with E-state index in [4.69, 9.17) is 4.74 Å². The van der Waals surface area contributed by atoms with Crippen LogP contribution in [0.5, 0.6) is 5.88 Å². The van der Waals surface area contributed by atoms with Crippen molar-refractivity contribution in [1.29, 1.82) is 0 Å². The Morgan fingerprint density at radius 3 is 2.72 bits per heavy atom. The number of methoxy groups -OCH3 is 1. The molecule has 0 amide bonds. The van der Waals surface area contributed by atoms with Crippen LogP contribution < -0.4 is 10.1 Å². The molecule has 1 atom stereocenters. The minimum Gasteiger partial charge on any atom is -0.479 e. The van der Waals surface area contributed by atoms with Crippen molar-refractivity contribution in [2.24, 2.45) is 0 Å². The van der Waals surface area contributed by atoms with Gasteiger partial charge in [0.05, 0.1) is 25.2 Å². The first-order chi connectivity index (χ1) is 17.1. The highest BCUT2D eigenvalue weighted by atomic mass is 19.4. The molecule has 1 aliphatic rings. The van der Waals surface area contributed by atoms with Crippen LogP contribution in [0.2, 0.25) is 0 Å². The van der Waals surface area contributed by atoms with Gasteiger partial charge in [0.25, 0.3) is 5.92 Å². The minimum atomic E-state index is -4.45. The summed E-state index contributed by atoms with van der Waals surface area (Å²) in [4.78, 5) is 5.99. The van der Waals surface area contributed by atoms with E-state index in [-0.39, 0.29) is 30.3 Å². The summed E-state index contributed by atoms with van der Waals surface area (Å²) in [5, 5.41) is 14.5. The van der Waals surface area contributed by atoms with Crippen molar-refractivity contribution in [3.8, 4) is 17.0 Å². The van der Waals surface area contributed by atoms with E-state index in [1.54, 1.807) is 35.4 Å². The molecule has 14 heteroatoms. The van der Waals surface area contributed by atoms with Gasteiger partial charge in [0.2, 0.25) is 11.8 Å². The summed E-state index contributed by atoms with van der Waals surface area (Å²) in [6, 6.07) is 5.37. The van der Waals surface area contributed by atoms with Gasteiger partial charge in [-0.15, -0.1) is 10.2 Å². The lowest BCUT2D eigenvalue weighted by molar-refractivity contribution is -0.142. The number of alkyl halides is 5. The highest BCUT2D eigenvalue weighted by molar-refractivity contribution is 5.89. The summed E-state index contributed by atoms with van der Waals surface area (Å²) < 4.78 is 75.8. The van der Waals surface area contributed by atoms with Crippen molar-refractivity contribution >= 4 is 22.5 Å². The van der Waals surface area contributed by atoms with Crippen LogP contribution in [0.25, 0.3) is 27.7 Å². The quantitative estimate of drug-likeness (QED) is 0.395. The molecule has 1 aromatic carbocycles. The fraction of sp³-hybridized carbons (Fsp3) is 0.455. The van der Waals surface area contributed by atoms with Gasteiger partial charge in [-0.05, 0) is 36.7 Å². The smallest absolute Gasteiger partial charge is 0.408 e. The summed E-state index contributed by atoms with van der Waals surface area (Å²) in [5.41, 5.74) is 2.11. The molecule has 1 aliphatic heterocycles. The van der Waals surface area contributed by atoms with Crippen molar-refractivity contribution in [3.05, 3.63) is 30.5 Å². The van der Waals surface area contributed by atoms with E-state index in [9.17, 15) is 22.0 Å². The van der Waals surface area contributed by atoms with E-state index >= 15 is 0 Å². The van der Waals surface area contributed by atoms with Crippen molar-refractivity contribution in [2.75, 3.05) is 32.1 Å². The third-order valence-electron chi connectivity index (χ3n) is 6.26. The molecule has 0 radical (unpaired) electrons. The molecule has 3 aromatic heterocycles. The number of nitrogens with one attached hydrogen (secondary N) is 1. The number of aromatic nitrogens is 6. The molecule has 1 saturated heterocycles. The number of rotatable bonds is 6. The SMILES string of the molecule is CCN1CC[C@@H](Nc2nc(OC)c3c(-c4ccc5nnn(CC(F)(F)F)c5c4)ccn3n2)C(F)(F)C1. The topological polar surface area (TPSA) is 85.4 Å². The van der Waals surface area contributed by atoms with Crippen LogP contribution >= 0.6 is 0 Å². The van der Waals surface area contributed by atoms with Crippen molar-refractivity contribution in [2.45, 2.75) is 38.0 Å². The second-order valence-electron chi connectivity index (χ2n) is 8.65. The third kappa shape index (κ3) is 4.52. The maximum Gasteiger partial charge on any atom is 0.408 e. The molecule has 0 unspecified atom stereocenters. The Kier molecular flexibility index (Phi) is 5.93. The van der Waals surface area contributed by atoms with Gasteiger partial charge in [0, 0.05) is 18.3 Å². The molecule has 0 aliphatic carbocycles. The number of halogens is 5. The summed E-state index contributed by atoms with van der Waals surface area (Å²) in [6.45, 7) is 1.29. The zero-order valence-electron chi connectivity index (χ0n) is 19.4. The van der Waals surface area contributed by atoms with Gasteiger partial charge in [0.15, 0.2) is 0 Å². The second kappa shape index (κ2) is 8.84. The van der Waals surface area contributed by atoms with E-state index in [0.717, 1.165) is 4.68 Å². The molecule has 1 N–H and O–H groups in total. The Labute approximate surface area is 201 Å². The Balaban J connectivity index is 1.50. The molecule has 36 heavy (non-hydrogen) atoms. The molecule has 0 spiro atoms. The van der Waals surface area contributed by atoms with E-state index in [1.807, 2.05) is 6.92 Å². The normalized spacial score (nSPS) is 18.7. The largest absolute Gasteiger partial charge is 0.479 e. The van der Waals surface area contributed by atoms with E-state index < -0.39 is 24.7 Å². The number of likely N-dealkylation sites (tertiary alicyclic amines) is 1. The van der Waals surface area contributed by atoms with Crippen LogP contribution in [-0.4, -0.2) is 79.4 Å². The molecule has 4 heterocycles. The Bertz CT molecular complexity index is 1400. The summed E-state index contributed by atoms with van der Waals surface area (Å²) in [5.74, 6) is -2.85. The van der Waals surface area contributed by atoms with Gasteiger partial charge >= 0.3 is 6.18 Å². The van der Waals surface area contributed by atoms with E-state index in [2.05, 4.69) is 25.7 Å². The standard InChI is InChI=1S/C22H23F5N8O/c1-3-33-8-7-17(21(23,24)11-33)28-20-29-19(36-2)18-14(6-9-34(18)31-20)13-4-5-15-16(10-13)35(32-30-15)12-22(25,26)27/h4-6,9-10,17H,3,7-8,11-12H2,1-2H3,(H,28,31)/t17-/m1/s1. The molecule has 9 nitrogen and oxygen atoms in total. The Morgan fingerprint density at radius 2 is 2.03 bits per heavy atom. The average Bonchev–Trinajstić information content (AvgIpc) is 3.42.